The van der Waals surface area contributed by atoms with E-state index in [4.69, 9.17) is 4.74 Å². The van der Waals surface area contributed by atoms with Gasteiger partial charge >= 0.3 is 0 Å². The molecule has 0 radical (unpaired) electrons. The van der Waals surface area contributed by atoms with E-state index in [1.165, 1.54) is 6.42 Å². The first kappa shape index (κ1) is 14.8. The number of carbonyl (C=O) groups is 1. The van der Waals surface area contributed by atoms with E-state index >= 15 is 0 Å². The van der Waals surface area contributed by atoms with Crippen LogP contribution >= 0.6 is 0 Å². The zero-order chi connectivity index (χ0) is 14.6. The fraction of sp³-hybridized carbons (Fsp3) is 0.600. The van der Waals surface area contributed by atoms with Gasteiger partial charge in [0.1, 0.15) is 6.10 Å². The molecule has 0 saturated heterocycles. The summed E-state index contributed by atoms with van der Waals surface area (Å²) in [5.41, 5.74) is -0.0996. The molecule has 1 aliphatic carbocycles. The third-order valence-corrected chi connectivity index (χ3v) is 3.88. The molecule has 5 nitrogen and oxygen atoms in total. The number of amides is 1. The van der Waals surface area contributed by atoms with Crippen molar-refractivity contribution in [3.05, 3.63) is 23.9 Å². The molecule has 2 N–H and O–H groups in total. The van der Waals surface area contributed by atoms with Crippen LogP contribution in [0.1, 0.15) is 49.9 Å². The van der Waals surface area contributed by atoms with E-state index in [9.17, 15) is 9.90 Å². The summed E-state index contributed by atoms with van der Waals surface area (Å²) in [7, 11) is 0. The molecular weight excluding hydrogens is 256 g/mol. The molecule has 0 spiro atoms. The summed E-state index contributed by atoms with van der Waals surface area (Å²) in [6.07, 6.45) is 5.76. The van der Waals surface area contributed by atoms with E-state index in [-0.39, 0.29) is 18.6 Å². The molecule has 0 aromatic carbocycles. The van der Waals surface area contributed by atoms with Gasteiger partial charge in [-0.3, -0.25) is 4.79 Å². The standard InChI is InChI=1S/C15H22N2O3/c1-3-15(2,10-18)17-14(19)11-7-8-16-13(9-11)20-12-5-4-6-12/h7-9,12,18H,3-6,10H2,1-2H3,(H,17,19). The Morgan fingerprint density at radius 3 is 2.90 bits per heavy atom. The molecule has 1 aliphatic rings. The van der Waals surface area contributed by atoms with Crippen LogP contribution in [0.3, 0.4) is 0 Å². The highest BCUT2D eigenvalue weighted by Gasteiger charge is 2.24. The highest BCUT2D eigenvalue weighted by atomic mass is 16.5. The lowest BCUT2D eigenvalue weighted by Crippen LogP contribution is -2.48. The molecule has 1 amide bonds. The number of nitrogens with zero attached hydrogens (tertiary/aromatic N) is 1. The number of carbonyl (C=O) groups excluding carboxylic acids is 1. The molecule has 1 fully saturated rings. The minimum atomic E-state index is -0.602. The third kappa shape index (κ3) is 3.48. The highest BCUT2D eigenvalue weighted by Crippen LogP contribution is 2.24. The second-order valence-corrected chi connectivity index (χ2v) is 5.58. The molecule has 5 heteroatoms. The van der Waals surface area contributed by atoms with E-state index < -0.39 is 5.54 Å². The van der Waals surface area contributed by atoms with Crippen molar-refractivity contribution >= 4 is 5.91 Å². The van der Waals surface area contributed by atoms with Crippen LogP contribution < -0.4 is 10.1 Å². The number of ether oxygens (including phenoxy) is 1. The van der Waals surface area contributed by atoms with E-state index in [1.807, 2.05) is 13.8 Å². The molecule has 1 atom stereocenters. The monoisotopic (exact) mass is 278 g/mol. The quantitative estimate of drug-likeness (QED) is 0.833. The minimum Gasteiger partial charge on any atom is -0.474 e. The highest BCUT2D eigenvalue weighted by molar-refractivity contribution is 5.94. The normalized spacial score (nSPS) is 17.9. The van der Waals surface area contributed by atoms with Gasteiger partial charge in [0.05, 0.1) is 12.1 Å². The smallest absolute Gasteiger partial charge is 0.252 e. The van der Waals surface area contributed by atoms with E-state index in [0.717, 1.165) is 12.8 Å². The van der Waals surface area contributed by atoms with Crippen molar-refractivity contribution in [2.24, 2.45) is 0 Å². The molecule has 110 valence electrons. The number of aliphatic hydroxyl groups excluding tert-OH is 1. The first-order chi connectivity index (χ1) is 9.56. The lowest BCUT2D eigenvalue weighted by atomic mass is 9.96. The number of aromatic nitrogens is 1. The summed E-state index contributed by atoms with van der Waals surface area (Å²) in [5.74, 6) is 0.272. The van der Waals surface area contributed by atoms with E-state index in [2.05, 4.69) is 10.3 Å². The largest absolute Gasteiger partial charge is 0.474 e. The van der Waals surface area contributed by atoms with Crippen LogP contribution in [0.2, 0.25) is 0 Å². The maximum Gasteiger partial charge on any atom is 0.252 e. The van der Waals surface area contributed by atoms with Crippen LogP contribution in [0.25, 0.3) is 0 Å². The zero-order valence-corrected chi connectivity index (χ0v) is 12.1. The van der Waals surface area contributed by atoms with Crippen LogP contribution in [-0.4, -0.2) is 34.2 Å². The Kier molecular flexibility index (Phi) is 4.60. The van der Waals surface area contributed by atoms with Crippen LogP contribution in [0.15, 0.2) is 18.3 Å². The van der Waals surface area contributed by atoms with Crippen LogP contribution in [0, 0.1) is 0 Å². The maximum atomic E-state index is 12.2. The molecule has 1 aromatic rings. The van der Waals surface area contributed by atoms with Gasteiger partial charge in [-0.25, -0.2) is 4.98 Å². The van der Waals surface area contributed by atoms with E-state index in [0.29, 0.717) is 17.9 Å². The minimum absolute atomic E-state index is 0.0915. The van der Waals surface area contributed by atoms with E-state index in [1.54, 1.807) is 18.3 Å². The van der Waals surface area contributed by atoms with Gasteiger partial charge in [-0.05, 0) is 38.7 Å². The first-order valence-electron chi connectivity index (χ1n) is 7.12. The van der Waals surface area contributed by atoms with Crippen molar-refractivity contribution in [3.8, 4) is 5.88 Å². The molecule has 20 heavy (non-hydrogen) atoms. The summed E-state index contributed by atoms with van der Waals surface area (Å²) >= 11 is 0. The fourth-order valence-electron chi connectivity index (χ4n) is 1.86. The van der Waals surface area contributed by atoms with Gasteiger partial charge in [0.15, 0.2) is 0 Å². The average molecular weight is 278 g/mol. The maximum absolute atomic E-state index is 12.2. The Hall–Kier alpha value is -1.62. The second kappa shape index (κ2) is 6.22. The molecular formula is C15H22N2O3. The van der Waals surface area contributed by atoms with Gasteiger partial charge in [0.25, 0.3) is 5.91 Å². The summed E-state index contributed by atoms with van der Waals surface area (Å²) in [6.45, 7) is 3.65. The van der Waals surface area contributed by atoms with Gasteiger partial charge < -0.3 is 15.2 Å². The molecule has 0 bridgehead atoms. The van der Waals surface area contributed by atoms with Crippen LogP contribution in [-0.2, 0) is 0 Å². The lowest BCUT2D eigenvalue weighted by Gasteiger charge is -2.27. The number of nitrogens with one attached hydrogen (secondary N) is 1. The summed E-state index contributed by atoms with van der Waals surface area (Å²) in [6, 6.07) is 3.30. The first-order valence-corrected chi connectivity index (χ1v) is 7.12. The van der Waals surface area contributed by atoms with Crippen molar-refractivity contribution in [1.29, 1.82) is 0 Å². The summed E-state index contributed by atoms with van der Waals surface area (Å²) in [5, 5.41) is 12.2. The predicted octanol–water partition coefficient (Wildman–Crippen LogP) is 1.90. The average Bonchev–Trinajstić information content (AvgIpc) is 2.43. The van der Waals surface area contributed by atoms with Gasteiger partial charge in [0, 0.05) is 17.8 Å². The Labute approximate surface area is 119 Å². The Bertz CT molecular complexity index is 468. The summed E-state index contributed by atoms with van der Waals surface area (Å²) < 4.78 is 5.68. The SMILES string of the molecule is CCC(C)(CO)NC(=O)c1ccnc(OC2CCC2)c1. The number of rotatable bonds is 6. The topological polar surface area (TPSA) is 71.5 Å². The second-order valence-electron chi connectivity index (χ2n) is 5.58. The molecule has 1 heterocycles. The van der Waals surface area contributed by atoms with Gasteiger partial charge in [-0.1, -0.05) is 6.92 Å². The Balaban J connectivity index is 2.03. The van der Waals surface area contributed by atoms with Crippen molar-refractivity contribution in [2.45, 2.75) is 51.2 Å². The molecule has 0 aliphatic heterocycles. The van der Waals surface area contributed by atoms with Gasteiger partial charge in [-0.15, -0.1) is 0 Å². The van der Waals surface area contributed by atoms with Crippen molar-refractivity contribution in [2.75, 3.05) is 6.61 Å². The Morgan fingerprint density at radius 2 is 2.35 bits per heavy atom. The molecule has 1 saturated carbocycles. The zero-order valence-electron chi connectivity index (χ0n) is 12.1. The molecule has 1 unspecified atom stereocenters. The number of hydrogen-bond donors (Lipinski definition) is 2. The van der Waals surface area contributed by atoms with Crippen LogP contribution in [0.4, 0.5) is 0 Å². The number of hydrogen-bond acceptors (Lipinski definition) is 4. The molecule has 2 rings (SSSR count). The fourth-order valence-corrected chi connectivity index (χ4v) is 1.86. The lowest BCUT2D eigenvalue weighted by molar-refractivity contribution is 0.0844. The summed E-state index contributed by atoms with van der Waals surface area (Å²) in [4.78, 5) is 16.3. The van der Waals surface area contributed by atoms with Gasteiger partial charge in [0.2, 0.25) is 5.88 Å². The van der Waals surface area contributed by atoms with Crippen molar-refractivity contribution in [3.63, 3.8) is 0 Å². The van der Waals surface area contributed by atoms with Crippen molar-refractivity contribution < 1.29 is 14.6 Å². The Morgan fingerprint density at radius 1 is 1.60 bits per heavy atom. The molecule has 1 aromatic heterocycles. The van der Waals surface area contributed by atoms with Crippen LogP contribution in [0.5, 0.6) is 5.88 Å². The number of aliphatic hydroxyl groups is 1. The number of pyridine rings is 1. The third-order valence-electron chi connectivity index (χ3n) is 3.88. The predicted molar refractivity (Wildman–Crippen MR) is 75.8 cm³/mol. The van der Waals surface area contributed by atoms with Gasteiger partial charge in [-0.2, -0.15) is 0 Å². The van der Waals surface area contributed by atoms with Crippen molar-refractivity contribution in [1.82, 2.24) is 10.3 Å².